The number of hydrogen-bond acceptors (Lipinski definition) is 5. The Morgan fingerprint density at radius 2 is 2.25 bits per heavy atom. The lowest BCUT2D eigenvalue weighted by molar-refractivity contribution is -0.178. The molecule has 0 saturated carbocycles. The summed E-state index contributed by atoms with van der Waals surface area (Å²) in [7, 11) is 1.37. The van der Waals surface area contributed by atoms with Crippen LogP contribution in [0, 0.1) is 0 Å². The summed E-state index contributed by atoms with van der Waals surface area (Å²) in [5.41, 5.74) is 0. The van der Waals surface area contributed by atoms with E-state index < -0.39 is 18.5 Å². The van der Waals surface area contributed by atoms with Crippen LogP contribution >= 0.6 is 0 Å². The lowest BCUT2D eigenvalue weighted by atomic mass is 10.1. The van der Waals surface area contributed by atoms with Gasteiger partial charge < -0.3 is 24.8 Å². The maximum Gasteiger partial charge on any atom is 0.214 e. The molecule has 1 heterocycles. The van der Waals surface area contributed by atoms with Crippen molar-refractivity contribution >= 4 is 0 Å². The van der Waals surface area contributed by atoms with Crippen molar-refractivity contribution in [1.82, 2.24) is 0 Å². The smallest absolute Gasteiger partial charge is 0.214 e. The second-order valence-corrected chi connectivity index (χ2v) is 2.47. The summed E-state index contributed by atoms with van der Waals surface area (Å²) in [6, 6.07) is 0. The van der Waals surface area contributed by atoms with E-state index in [-0.39, 0.29) is 12.4 Å². The molecule has 0 aliphatic carbocycles. The third kappa shape index (κ3) is 1.75. The van der Waals surface area contributed by atoms with Crippen molar-refractivity contribution in [1.29, 1.82) is 0 Å². The summed E-state index contributed by atoms with van der Waals surface area (Å²) in [5, 5.41) is 27.1. The van der Waals surface area contributed by atoms with Crippen LogP contribution in [-0.4, -0.2) is 47.5 Å². The second-order valence-electron chi connectivity index (χ2n) is 2.47. The number of ether oxygens (including phenoxy) is 2. The SMILES string of the molecule is COC1=C[C@H](O)[C@@H](CO)OC1O. The molecule has 1 aliphatic heterocycles. The van der Waals surface area contributed by atoms with Crippen LogP contribution in [0.5, 0.6) is 0 Å². The van der Waals surface area contributed by atoms with E-state index in [0.717, 1.165) is 0 Å². The Kier molecular flexibility index (Phi) is 3.05. The van der Waals surface area contributed by atoms with Crippen LogP contribution in [0.4, 0.5) is 0 Å². The molecule has 1 unspecified atom stereocenters. The van der Waals surface area contributed by atoms with Gasteiger partial charge in [-0.3, -0.25) is 0 Å². The van der Waals surface area contributed by atoms with Crippen LogP contribution in [0.15, 0.2) is 11.8 Å². The summed E-state index contributed by atoms with van der Waals surface area (Å²) in [4.78, 5) is 0. The standard InChI is InChI=1S/C7H12O5/c1-11-5-2-4(9)6(3-8)12-7(5)10/h2,4,6-10H,3H2,1H3/t4-,6+,7?/m0/s1. The first-order valence-corrected chi connectivity index (χ1v) is 3.57. The maximum absolute atomic E-state index is 9.24. The van der Waals surface area contributed by atoms with Gasteiger partial charge in [-0.15, -0.1) is 0 Å². The van der Waals surface area contributed by atoms with Gasteiger partial charge in [0, 0.05) is 0 Å². The Morgan fingerprint density at radius 3 is 2.75 bits per heavy atom. The Balaban J connectivity index is 2.69. The zero-order valence-electron chi connectivity index (χ0n) is 6.67. The second kappa shape index (κ2) is 3.86. The van der Waals surface area contributed by atoms with Crippen molar-refractivity contribution in [3.8, 4) is 0 Å². The minimum atomic E-state index is -1.20. The fraction of sp³-hybridized carbons (Fsp3) is 0.714. The van der Waals surface area contributed by atoms with Gasteiger partial charge in [-0.1, -0.05) is 0 Å². The average Bonchev–Trinajstić information content (AvgIpc) is 2.08. The predicted molar refractivity (Wildman–Crippen MR) is 39.1 cm³/mol. The van der Waals surface area contributed by atoms with Gasteiger partial charge in [-0.05, 0) is 6.08 Å². The Labute approximate surface area is 69.8 Å². The summed E-state index contributed by atoms with van der Waals surface area (Å²) in [5.74, 6) is 0.159. The lowest BCUT2D eigenvalue weighted by Crippen LogP contribution is -2.40. The molecule has 0 saturated heterocycles. The van der Waals surface area contributed by atoms with Crippen molar-refractivity contribution in [2.24, 2.45) is 0 Å². The van der Waals surface area contributed by atoms with Crippen LogP contribution < -0.4 is 0 Å². The number of aliphatic hydroxyl groups excluding tert-OH is 3. The Hall–Kier alpha value is -0.620. The quantitative estimate of drug-likeness (QED) is 0.481. The maximum atomic E-state index is 9.24. The molecule has 1 rings (SSSR count). The van der Waals surface area contributed by atoms with Gasteiger partial charge in [-0.25, -0.2) is 0 Å². The topological polar surface area (TPSA) is 79.2 Å². The molecule has 0 bridgehead atoms. The van der Waals surface area contributed by atoms with Gasteiger partial charge in [0.05, 0.1) is 13.7 Å². The van der Waals surface area contributed by atoms with E-state index in [1.165, 1.54) is 13.2 Å². The zero-order chi connectivity index (χ0) is 9.14. The lowest BCUT2D eigenvalue weighted by Gasteiger charge is -2.28. The molecule has 5 nitrogen and oxygen atoms in total. The summed E-state index contributed by atoms with van der Waals surface area (Å²) in [6.07, 6.45) is -1.60. The number of rotatable bonds is 2. The van der Waals surface area contributed by atoms with Gasteiger partial charge in [0.25, 0.3) is 0 Å². The first kappa shape index (κ1) is 9.47. The van der Waals surface area contributed by atoms with E-state index in [1.54, 1.807) is 0 Å². The molecule has 0 amide bonds. The van der Waals surface area contributed by atoms with E-state index in [2.05, 4.69) is 0 Å². The van der Waals surface area contributed by atoms with Crippen molar-refractivity contribution < 1.29 is 24.8 Å². The van der Waals surface area contributed by atoms with E-state index in [4.69, 9.17) is 19.7 Å². The van der Waals surface area contributed by atoms with Crippen LogP contribution in [0.2, 0.25) is 0 Å². The number of methoxy groups -OCH3 is 1. The molecular weight excluding hydrogens is 164 g/mol. The fourth-order valence-corrected chi connectivity index (χ4v) is 0.991. The van der Waals surface area contributed by atoms with Crippen molar-refractivity contribution in [2.45, 2.75) is 18.5 Å². The average molecular weight is 176 g/mol. The molecule has 3 atom stereocenters. The molecule has 3 N–H and O–H groups in total. The molecule has 12 heavy (non-hydrogen) atoms. The number of aliphatic hydroxyl groups is 3. The van der Waals surface area contributed by atoms with Gasteiger partial charge in [0.15, 0.2) is 5.76 Å². The fourth-order valence-electron chi connectivity index (χ4n) is 0.991. The molecule has 0 fully saturated rings. The summed E-state index contributed by atoms with van der Waals surface area (Å²) < 4.78 is 9.52. The normalized spacial score (nSPS) is 36.0. The molecule has 1 aliphatic rings. The summed E-state index contributed by atoms with van der Waals surface area (Å²) in [6.45, 7) is -0.342. The van der Waals surface area contributed by atoms with Crippen LogP contribution in [0.1, 0.15) is 0 Å². The highest BCUT2D eigenvalue weighted by atomic mass is 16.6. The van der Waals surface area contributed by atoms with E-state index in [1.807, 2.05) is 0 Å². The third-order valence-corrected chi connectivity index (χ3v) is 1.68. The van der Waals surface area contributed by atoms with Crippen LogP contribution in [-0.2, 0) is 9.47 Å². The van der Waals surface area contributed by atoms with E-state index in [9.17, 15) is 5.11 Å². The number of hydrogen-bond donors (Lipinski definition) is 3. The van der Waals surface area contributed by atoms with Crippen molar-refractivity contribution in [3.05, 3.63) is 11.8 Å². The molecular formula is C7H12O5. The first-order chi connectivity index (χ1) is 5.69. The van der Waals surface area contributed by atoms with Gasteiger partial charge in [-0.2, -0.15) is 0 Å². The van der Waals surface area contributed by atoms with Crippen LogP contribution in [0.25, 0.3) is 0 Å². The molecule has 0 aromatic carbocycles. The van der Waals surface area contributed by atoms with E-state index in [0.29, 0.717) is 0 Å². The van der Waals surface area contributed by atoms with Gasteiger partial charge >= 0.3 is 0 Å². The Bertz CT molecular complexity index is 179. The van der Waals surface area contributed by atoms with Crippen molar-refractivity contribution in [2.75, 3.05) is 13.7 Å². The van der Waals surface area contributed by atoms with Crippen molar-refractivity contribution in [3.63, 3.8) is 0 Å². The first-order valence-electron chi connectivity index (χ1n) is 3.57. The minimum Gasteiger partial charge on any atom is -0.496 e. The monoisotopic (exact) mass is 176 g/mol. The molecule has 0 aromatic heterocycles. The highest BCUT2D eigenvalue weighted by molar-refractivity contribution is 5.06. The third-order valence-electron chi connectivity index (χ3n) is 1.68. The Morgan fingerprint density at radius 1 is 1.58 bits per heavy atom. The zero-order valence-corrected chi connectivity index (χ0v) is 6.67. The van der Waals surface area contributed by atoms with Crippen LogP contribution in [0.3, 0.4) is 0 Å². The minimum absolute atomic E-state index is 0.159. The molecule has 0 spiro atoms. The molecule has 0 radical (unpaired) electrons. The largest absolute Gasteiger partial charge is 0.496 e. The predicted octanol–water partition coefficient (Wildman–Crippen LogP) is -1.41. The van der Waals surface area contributed by atoms with Gasteiger partial charge in [0.2, 0.25) is 6.29 Å². The van der Waals surface area contributed by atoms with Gasteiger partial charge in [0.1, 0.15) is 12.2 Å². The highest BCUT2D eigenvalue weighted by Crippen LogP contribution is 2.17. The molecule has 0 aromatic rings. The summed E-state index contributed by atoms with van der Waals surface area (Å²) >= 11 is 0. The molecule has 70 valence electrons. The molecule has 5 heteroatoms. The highest BCUT2D eigenvalue weighted by Gasteiger charge is 2.29. The van der Waals surface area contributed by atoms with E-state index >= 15 is 0 Å².